The molecule has 1 aliphatic heterocycles. The van der Waals surface area contributed by atoms with Gasteiger partial charge in [0.2, 0.25) is 0 Å². The van der Waals surface area contributed by atoms with Gasteiger partial charge >= 0.3 is 0 Å². The van der Waals surface area contributed by atoms with Crippen molar-refractivity contribution in [3.8, 4) is 0 Å². The van der Waals surface area contributed by atoms with E-state index >= 15 is 0 Å². The Morgan fingerprint density at radius 3 is 2.63 bits per heavy atom. The number of hydrogen-bond donors (Lipinski definition) is 1. The van der Waals surface area contributed by atoms with Gasteiger partial charge in [0, 0.05) is 0 Å². The van der Waals surface area contributed by atoms with Crippen molar-refractivity contribution in [3.63, 3.8) is 0 Å². The average Bonchev–Trinajstić information content (AvgIpc) is 3.25. The summed E-state index contributed by atoms with van der Waals surface area (Å²) in [7, 11) is -3.07. The molecule has 0 aromatic heterocycles. The van der Waals surface area contributed by atoms with Crippen LogP contribution < -0.4 is 5.32 Å². The summed E-state index contributed by atoms with van der Waals surface area (Å²) >= 11 is 0. The molecule has 1 heterocycles. The Labute approximate surface area is 115 Å². The summed E-state index contributed by atoms with van der Waals surface area (Å²) < 4.78 is 24.9. The second-order valence-corrected chi connectivity index (χ2v) is 7.97. The lowest BCUT2D eigenvalue weighted by Crippen LogP contribution is -2.31. The van der Waals surface area contributed by atoms with Crippen LogP contribution in [0.1, 0.15) is 31.2 Å². The second kappa shape index (κ2) is 5.25. The molecule has 2 aliphatic rings. The summed E-state index contributed by atoms with van der Waals surface area (Å²) in [6.07, 6.45) is 4.95. The number of piperidine rings is 1. The summed E-state index contributed by atoms with van der Waals surface area (Å²) in [5.74, 6) is 0.573. The predicted molar refractivity (Wildman–Crippen MR) is 75.9 cm³/mol. The van der Waals surface area contributed by atoms with Crippen LogP contribution in [0.4, 0.5) is 0 Å². The standard InChI is InChI=1S/C15H21NO2S/c17-19(18,14-7-8-14)15-6-2-1-5-13(15)10-12-4-3-9-16-11-12/h1-2,5-6,12,14,16H,3-4,7-11H2. The predicted octanol–water partition coefficient (Wildman–Crippen LogP) is 2.16. The summed E-state index contributed by atoms with van der Waals surface area (Å²) in [4.78, 5) is 0.586. The molecule has 2 fully saturated rings. The first kappa shape index (κ1) is 13.1. The lowest BCUT2D eigenvalue weighted by Gasteiger charge is -2.23. The number of benzene rings is 1. The summed E-state index contributed by atoms with van der Waals surface area (Å²) in [6.45, 7) is 2.11. The first-order valence-corrected chi connectivity index (χ1v) is 8.75. The molecule has 1 saturated carbocycles. The fourth-order valence-corrected chi connectivity index (χ4v) is 4.82. The zero-order valence-electron chi connectivity index (χ0n) is 11.1. The minimum absolute atomic E-state index is 0.113. The second-order valence-electron chi connectivity index (χ2n) is 5.77. The molecular weight excluding hydrogens is 258 g/mol. The van der Waals surface area contributed by atoms with Crippen LogP contribution in [0.3, 0.4) is 0 Å². The normalized spacial score (nSPS) is 24.3. The van der Waals surface area contributed by atoms with Crippen molar-refractivity contribution in [1.82, 2.24) is 5.32 Å². The Morgan fingerprint density at radius 2 is 1.95 bits per heavy atom. The molecule has 1 aliphatic carbocycles. The molecule has 0 bridgehead atoms. The van der Waals surface area contributed by atoms with Crippen molar-refractivity contribution in [2.45, 2.75) is 42.2 Å². The van der Waals surface area contributed by atoms with Crippen LogP contribution in [0, 0.1) is 5.92 Å². The molecular formula is C15H21NO2S. The Kier molecular flexibility index (Phi) is 3.63. The maximum absolute atomic E-state index is 12.4. The topological polar surface area (TPSA) is 46.2 Å². The summed E-state index contributed by atoms with van der Waals surface area (Å²) in [5.41, 5.74) is 1.02. The van der Waals surface area contributed by atoms with Gasteiger partial charge in [-0.2, -0.15) is 0 Å². The molecule has 1 aromatic carbocycles. The van der Waals surface area contributed by atoms with Gasteiger partial charge in [-0.3, -0.25) is 0 Å². The SMILES string of the molecule is O=S(=O)(c1ccccc1CC1CCCNC1)C1CC1. The van der Waals surface area contributed by atoms with Crippen molar-refractivity contribution < 1.29 is 8.42 Å². The quantitative estimate of drug-likeness (QED) is 0.918. The number of rotatable bonds is 4. The van der Waals surface area contributed by atoms with Crippen molar-refractivity contribution in [1.29, 1.82) is 0 Å². The fourth-order valence-electron chi connectivity index (χ4n) is 2.92. The van der Waals surface area contributed by atoms with Crippen LogP contribution in [-0.4, -0.2) is 26.8 Å². The van der Waals surface area contributed by atoms with Crippen LogP contribution >= 0.6 is 0 Å². The van der Waals surface area contributed by atoms with Gasteiger partial charge in [0.25, 0.3) is 0 Å². The summed E-state index contributed by atoms with van der Waals surface area (Å²) in [5, 5.41) is 3.29. The molecule has 1 N–H and O–H groups in total. The molecule has 3 rings (SSSR count). The Balaban J connectivity index is 1.84. The fraction of sp³-hybridized carbons (Fsp3) is 0.600. The number of hydrogen-bond acceptors (Lipinski definition) is 3. The Bertz CT molecular complexity index is 543. The average molecular weight is 279 g/mol. The van der Waals surface area contributed by atoms with E-state index in [-0.39, 0.29) is 5.25 Å². The van der Waals surface area contributed by atoms with Gasteiger partial charge in [-0.15, -0.1) is 0 Å². The minimum Gasteiger partial charge on any atom is -0.316 e. The van der Waals surface area contributed by atoms with Crippen LogP contribution in [-0.2, 0) is 16.3 Å². The van der Waals surface area contributed by atoms with Crippen LogP contribution in [0.5, 0.6) is 0 Å². The molecule has 0 radical (unpaired) electrons. The van der Waals surface area contributed by atoms with Crippen molar-refractivity contribution in [2.75, 3.05) is 13.1 Å². The van der Waals surface area contributed by atoms with E-state index in [2.05, 4.69) is 5.32 Å². The maximum Gasteiger partial charge on any atom is 0.181 e. The van der Waals surface area contributed by atoms with E-state index in [0.29, 0.717) is 10.8 Å². The third-order valence-electron chi connectivity index (χ3n) is 4.15. The van der Waals surface area contributed by atoms with Crippen LogP contribution in [0.25, 0.3) is 0 Å². The van der Waals surface area contributed by atoms with Gasteiger partial charge in [-0.1, -0.05) is 18.2 Å². The van der Waals surface area contributed by atoms with Gasteiger partial charge in [0.05, 0.1) is 10.1 Å². The highest BCUT2D eigenvalue weighted by atomic mass is 32.2. The molecule has 0 amide bonds. The minimum atomic E-state index is -3.07. The largest absolute Gasteiger partial charge is 0.316 e. The highest BCUT2D eigenvalue weighted by Crippen LogP contribution is 2.35. The lowest BCUT2D eigenvalue weighted by molar-refractivity contribution is 0.374. The van der Waals surface area contributed by atoms with E-state index in [1.807, 2.05) is 18.2 Å². The number of nitrogens with one attached hydrogen (secondary N) is 1. The molecule has 1 unspecified atom stereocenters. The number of sulfone groups is 1. The smallest absolute Gasteiger partial charge is 0.181 e. The lowest BCUT2D eigenvalue weighted by atomic mass is 9.92. The molecule has 104 valence electrons. The molecule has 1 atom stereocenters. The monoisotopic (exact) mass is 279 g/mol. The Morgan fingerprint density at radius 1 is 1.16 bits per heavy atom. The van der Waals surface area contributed by atoms with Gasteiger partial charge in [-0.05, 0) is 62.7 Å². The van der Waals surface area contributed by atoms with Crippen LogP contribution in [0.15, 0.2) is 29.2 Å². The molecule has 1 aromatic rings. The van der Waals surface area contributed by atoms with Gasteiger partial charge in [-0.25, -0.2) is 8.42 Å². The van der Waals surface area contributed by atoms with E-state index in [1.54, 1.807) is 6.07 Å². The highest BCUT2D eigenvalue weighted by molar-refractivity contribution is 7.92. The first-order chi connectivity index (χ1) is 9.18. The van der Waals surface area contributed by atoms with Gasteiger partial charge < -0.3 is 5.32 Å². The molecule has 0 spiro atoms. The van der Waals surface area contributed by atoms with E-state index < -0.39 is 9.84 Å². The van der Waals surface area contributed by atoms with Crippen LogP contribution in [0.2, 0.25) is 0 Å². The van der Waals surface area contributed by atoms with E-state index in [1.165, 1.54) is 12.8 Å². The third kappa shape index (κ3) is 2.84. The summed E-state index contributed by atoms with van der Waals surface area (Å²) in [6, 6.07) is 7.58. The maximum atomic E-state index is 12.4. The molecule has 3 nitrogen and oxygen atoms in total. The molecule has 4 heteroatoms. The highest BCUT2D eigenvalue weighted by Gasteiger charge is 2.38. The van der Waals surface area contributed by atoms with Gasteiger partial charge in [0.15, 0.2) is 9.84 Å². The van der Waals surface area contributed by atoms with Crippen molar-refractivity contribution in [2.24, 2.45) is 5.92 Å². The van der Waals surface area contributed by atoms with Crippen molar-refractivity contribution >= 4 is 9.84 Å². The van der Waals surface area contributed by atoms with E-state index in [0.717, 1.165) is 37.9 Å². The van der Waals surface area contributed by atoms with E-state index in [4.69, 9.17) is 0 Å². The molecule has 19 heavy (non-hydrogen) atoms. The first-order valence-electron chi connectivity index (χ1n) is 7.20. The Hall–Kier alpha value is -0.870. The van der Waals surface area contributed by atoms with Gasteiger partial charge in [0.1, 0.15) is 0 Å². The zero-order chi connectivity index (χ0) is 13.3. The van der Waals surface area contributed by atoms with Crippen molar-refractivity contribution in [3.05, 3.63) is 29.8 Å². The molecule has 1 saturated heterocycles. The zero-order valence-corrected chi connectivity index (χ0v) is 12.0. The third-order valence-corrected chi connectivity index (χ3v) is 6.51. The van der Waals surface area contributed by atoms with E-state index in [9.17, 15) is 8.42 Å².